The van der Waals surface area contributed by atoms with Gasteiger partial charge < -0.3 is 14.8 Å². The van der Waals surface area contributed by atoms with Crippen molar-refractivity contribution >= 4 is 15.9 Å². The number of hydrogen-bond acceptors (Lipinski definition) is 3. The van der Waals surface area contributed by atoms with Crippen LogP contribution in [0.4, 0.5) is 0 Å². The molecule has 2 aromatic carbocycles. The minimum Gasteiger partial charge on any atom is -0.497 e. The van der Waals surface area contributed by atoms with Gasteiger partial charge in [0.1, 0.15) is 11.5 Å². The summed E-state index contributed by atoms with van der Waals surface area (Å²) in [6.45, 7) is 4.40. The maximum absolute atomic E-state index is 5.66. The third-order valence-corrected chi connectivity index (χ3v) is 3.88. The molecule has 2 rings (SSSR count). The van der Waals surface area contributed by atoms with Gasteiger partial charge in [-0.05, 0) is 55.8 Å². The van der Waals surface area contributed by atoms with E-state index in [1.54, 1.807) is 7.11 Å². The van der Waals surface area contributed by atoms with Gasteiger partial charge in [-0.2, -0.15) is 0 Å². The maximum atomic E-state index is 5.66. The molecule has 0 unspecified atom stereocenters. The van der Waals surface area contributed by atoms with E-state index >= 15 is 0 Å². The molecule has 0 atom stereocenters. The summed E-state index contributed by atoms with van der Waals surface area (Å²) in [6.07, 6.45) is 0.988. The van der Waals surface area contributed by atoms with E-state index in [0.29, 0.717) is 6.61 Å². The van der Waals surface area contributed by atoms with Crippen molar-refractivity contribution in [3.05, 3.63) is 58.1 Å². The van der Waals surface area contributed by atoms with Crippen molar-refractivity contribution in [3.8, 4) is 11.5 Å². The smallest absolute Gasteiger partial charge is 0.123 e. The topological polar surface area (TPSA) is 30.5 Å². The van der Waals surface area contributed by atoms with Crippen LogP contribution in [-0.4, -0.2) is 20.3 Å². The number of hydrogen-bond donors (Lipinski definition) is 1. The molecule has 0 heterocycles. The minimum absolute atomic E-state index is 0.681. The molecule has 22 heavy (non-hydrogen) atoms. The van der Waals surface area contributed by atoms with E-state index in [1.165, 1.54) is 11.1 Å². The zero-order valence-corrected chi connectivity index (χ0v) is 14.7. The number of ether oxygens (including phenoxy) is 2. The van der Waals surface area contributed by atoms with Gasteiger partial charge in [-0.15, -0.1) is 0 Å². The van der Waals surface area contributed by atoms with Crippen molar-refractivity contribution < 1.29 is 9.47 Å². The van der Waals surface area contributed by atoms with Gasteiger partial charge in [0.25, 0.3) is 0 Å². The van der Waals surface area contributed by atoms with Crippen molar-refractivity contribution in [1.82, 2.24) is 5.32 Å². The molecule has 0 aliphatic heterocycles. The Labute approximate surface area is 140 Å². The highest BCUT2D eigenvalue weighted by molar-refractivity contribution is 9.10. The fourth-order valence-electron chi connectivity index (χ4n) is 2.23. The first-order valence-corrected chi connectivity index (χ1v) is 8.27. The molecule has 0 spiro atoms. The van der Waals surface area contributed by atoms with Crippen LogP contribution in [0.5, 0.6) is 11.5 Å². The van der Waals surface area contributed by atoms with E-state index in [4.69, 9.17) is 9.47 Å². The lowest BCUT2D eigenvalue weighted by atomic mass is 10.1. The summed E-state index contributed by atoms with van der Waals surface area (Å²) in [7, 11) is 1.69. The fourth-order valence-corrected chi connectivity index (χ4v) is 2.64. The van der Waals surface area contributed by atoms with Crippen molar-refractivity contribution in [1.29, 1.82) is 0 Å². The van der Waals surface area contributed by atoms with Crippen LogP contribution in [-0.2, 0) is 13.0 Å². The van der Waals surface area contributed by atoms with Crippen LogP contribution in [0.15, 0.2) is 46.9 Å². The Kier molecular flexibility index (Phi) is 6.74. The van der Waals surface area contributed by atoms with Crippen LogP contribution in [0.3, 0.4) is 0 Å². The first-order chi connectivity index (χ1) is 10.7. The molecule has 0 aliphatic carbocycles. The molecule has 2 aromatic rings. The molecule has 0 amide bonds. The van der Waals surface area contributed by atoms with Crippen LogP contribution in [0.1, 0.15) is 18.1 Å². The second-order valence-electron chi connectivity index (χ2n) is 4.96. The summed E-state index contributed by atoms with van der Waals surface area (Å²) in [4.78, 5) is 0. The Morgan fingerprint density at radius 1 is 1.09 bits per heavy atom. The van der Waals surface area contributed by atoms with Gasteiger partial charge in [0.05, 0.1) is 13.7 Å². The average Bonchev–Trinajstić information content (AvgIpc) is 2.54. The lowest BCUT2D eigenvalue weighted by molar-refractivity contribution is 0.335. The van der Waals surface area contributed by atoms with Crippen molar-refractivity contribution in [3.63, 3.8) is 0 Å². The molecule has 118 valence electrons. The highest BCUT2D eigenvalue weighted by atomic mass is 79.9. The second kappa shape index (κ2) is 8.81. The summed E-state index contributed by atoms with van der Waals surface area (Å²) in [5.41, 5.74) is 2.47. The van der Waals surface area contributed by atoms with Gasteiger partial charge in [-0.25, -0.2) is 0 Å². The first kappa shape index (κ1) is 16.8. The fraction of sp³-hybridized carbons (Fsp3) is 0.333. The van der Waals surface area contributed by atoms with Gasteiger partial charge in [-0.1, -0.05) is 28.1 Å². The predicted molar refractivity (Wildman–Crippen MR) is 93.7 cm³/mol. The maximum Gasteiger partial charge on any atom is 0.123 e. The molecule has 0 aromatic heterocycles. The van der Waals surface area contributed by atoms with Crippen molar-refractivity contribution in [2.24, 2.45) is 0 Å². The van der Waals surface area contributed by atoms with Gasteiger partial charge in [-0.3, -0.25) is 0 Å². The van der Waals surface area contributed by atoms with E-state index in [1.807, 2.05) is 31.2 Å². The van der Waals surface area contributed by atoms with Crippen LogP contribution in [0.2, 0.25) is 0 Å². The summed E-state index contributed by atoms with van der Waals surface area (Å²) in [5, 5.41) is 3.47. The molecule has 4 heteroatoms. The number of halogens is 1. The molecule has 3 nitrogen and oxygen atoms in total. The number of benzene rings is 2. The Morgan fingerprint density at radius 2 is 1.86 bits per heavy atom. The normalized spacial score (nSPS) is 10.5. The molecule has 0 aliphatic rings. The Balaban J connectivity index is 1.84. The molecule has 1 N–H and O–H groups in total. The summed E-state index contributed by atoms with van der Waals surface area (Å²) in [5.74, 6) is 1.84. The third-order valence-electron chi connectivity index (χ3n) is 3.39. The molecule has 0 radical (unpaired) electrons. The Morgan fingerprint density at radius 3 is 2.55 bits per heavy atom. The van der Waals surface area contributed by atoms with Gasteiger partial charge >= 0.3 is 0 Å². The number of rotatable bonds is 8. The van der Waals surface area contributed by atoms with Crippen LogP contribution >= 0.6 is 15.9 Å². The van der Waals surface area contributed by atoms with Gasteiger partial charge in [0.2, 0.25) is 0 Å². The lowest BCUT2D eigenvalue weighted by Gasteiger charge is -2.12. The van der Waals surface area contributed by atoms with E-state index in [-0.39, 0.29) is 0 Å². The number of methoxy groups -OCH3 is 1. The quantitative estimate of drug-likeness (QED) is 0.713. The largest absolute Gasteiger partial charge is 0.497 e. The molecular formula is C18H22BrNO2. The van der Waals surface area contributed by atoms with Crippen molar-refractivity contribution in [2.45, 2.75) is 19.9 Å². The van der Waals surface area contributed by atoms with Crippen LogP contribution in [0, 0.1) is 0 Å². The van der Waals surface area contributed by atoms with Crippen LogP contribution in [0.25, 0.3) is 0 Å². The lowest BCUT2D eigenvalue weighted by Crippen LogP contribution is -2.17. The van der Waals surface area contributed by atoms with E-state index < -0.39 is 0 Å². The van der Waals surface area contributed by atoms with Gasteiger partial charge in [0.15, 0.2) is 0 Å². The number of nitrogens with one attached hydrogen (secondary N) is 1. The van der Waals surface area contributed by atoms with Crippen molar-refractivity contribution in [2.75, 3.05) is 20.3 Å². The van der Waals surface area contributed by atoms with Crippen LogP contribution < -0.4 is 14.8 Å². The summed E-state index contributed by atoms with van der Waals surface area (Å²) in [6, 6.07) is 14.3. The van der Waals surface area contributed by atoms with E-state index in [0.717, 1.165) is 35.5 Å². The average molecular weight is 364 g/mol. The zero-order valence-electron chi connectivity index (χ0n) is 13.1. The monoisotopic (exact) mass is 363 g/mol. The highest BCUT2D eigenvalue weighted by Gasteiger charge is 2.04. The SMILES string of the molecule is CCOc1ccc(Br)cc1CNCCc1ccc(OC)cc1. The Hall–Kier alpha value is -1.52. The Bertz CT molecular complexity index is 584. The molecule has 0 fully saturated rings. The molecule has 0 bridgehead atoms. The van der Waals surface area contributed by atoms with Gasteiger partial charge in [0, 0.05) is 16.6 Å². The molecular weight excluding hydrogens is 342 g/mol. The zero-order chi connectivity index (χ0) is 15.8. The van der Waals surface area contributed by atoms with E-state index in [9.17, 15) is 0 Å². The highest BCUT2D eigenvalue weighted by Crippen LogP contribution is 2.23. The summed E-state index contributed by atoms with van der Waals surface area (Å²) >= 11 is 3.51. The minimum atomic E-state index is 0.681. The third kappa shape index (κ3) is 5.04. The standard InChI is InChI=1S/C18H22BrNO2/c1-3-22-18-9-6-16(19)12-15(18)13-20-11-10-14-4-7-17(21-2)8-5-14/h4-9,12,20H,3,10-11,13H2,1-2H3. The molecule has 0 saturated carbocycles. The first-order valence-electron chi connectivity index (χ1n) is 7.47. The molecule has 0 saturated heterocycles. The van der Waals surface area contributed by atoms with E-state index in [2.05, 4.69) is 39.4 Å². The second-order valence-corrected chi connectivity index (χ2v) is 5.88. The predicted octanol–water partition coefficient (Wildman–Crippen LogP) is 4.19. The summed E-state index contributed by atoms with van der Waals surface area (Å²) < 4.78 is 11.9.